The van der Waals surface area contributed by atoms with Crippen molar-refractivity contribution in [2.75, 3.05) is 42.7 Å². The van der Waals surface area contributed by atoms with E-state index in [1.165, 1.54) is 0 Å². The van der Waals surface area contributed by atoms with Crippen LogP contribution < -0.4 is 0 Å². The van der Waals surface area contributed by atoms with Gasteiger partial charge in [0, 0.05) is 65.2 Å². The topological polar surface area (TPSA) is 55.4 Å². The molecule has 2 atom stereocenters. The van der Waals surface area contributed by atoms with E-state index in [0.717, 1.165) is 12.1 Å². The van der Waals surface area contributed by atoms with E-state index in [9.17, 15) is 0 Å². The van der Waals surface area contributed by atoms with Crippen molar-refractivity contribution >= 4 is 58.8 Å². The summed E-state index contributed by atoms with van der Waals surface area (Å²) in [5.74, 6) is 0. The minimum Gasteiger partial charge on any atom is -0.377 e. The van der Waals surface area contributed by atoms with Crippen LogP contribution in [0.25, 0.3) is 0 Å². The minimum absolute atomic E-state index is 0.371. The van der Waals surface area contributed by atoms with E-state index in [4.69, 9.17) is 26.6 Å². The standard InChI is InChI=1S/C12H30O6S4Si2/c1-11(9-23(13-3,14-4)15-5)19-21-22-20-12(2)10-24(16-6,17-7)18-8/h11-12H,9-10H2,1-8H3. The average Bonchev–Trinajstić information content (AvgIpc) is 2.61. The van der Waals surface area contributed by atoms with Gasteiger partial charge in [0.1, 0.15) is 0 Å². The smallest absolute Gasteiger partial charge is 0.377 e. The molecule has 0 amide bonds. The van der Waals surface area contributed by atoms with Crippen LogP contribution >= 0.6 is 41.2 Å². The zero-order valence-electron chi connectivity index (χ0n) is 15.7. The molecule has 0 aliphatic heterocycles. The van der Waals surface area contributed by atoms with E-state index in [0.29, 0.717) is 10.5 Å². The van der Waals surface area contributed by atoms with Gasteiger partial charge in [-0.2, -0.15) is 0 Å². The lowest BCUT2D eigenvalue weighted by Crippen LogP contribution is -2.44. The molecule has 0 aliphatic carbocycles. The summed E-state index contributed by atoms with van der Waals surface area (Å²) in [5.41, 5.74) is 0. The predicted molar refractivity (Wildman–Crippen MR) is 112 cm³/mol. The Morgan fingerprint density at radius 3 is 1.04 bits per heavy atom. The third-order valence-electron chi connectivity index (χ3n) is 3.38. The van der Waals surface area contributed by atoms with Gasteiger partial charge in [-0.25, -0.2) is 0 Å². The number of rotatable bonds is 15. The first-order valence-electron chi connectivity index (χ1n) is 7.32. The number of hydrogen-bond donors (Lipinski definition) is 0. The van der Waals surface area contributed by atoms with Crippen LogP contribution in [0.4, 0.5) is 0 Å². The van der Waals surface area contributed by atoms with Gasteiger partial charge < -0.3 is 26.6 Å². The molecule has 0 rings (SSSR count). The van der Waals surface area contributed by atoms with Crippen LogP contribution in [0.15, 0.2) is 0 Å². The first-order valence-corrected chi connectivity index (χ1v) is 16.1. The molecule has 0 aliphatic rings. The summed E-state index contributed by atoms with van der Waals surface area (Å²) in [6, 6.07) is 1.56. The predicted octanol–water partition coefficient (Wildman–Crippen LogP) is 4.20. The van der Waals surface area contributed by atoms with Crippen LogP contribution in [-0.4, -0.2) is 70.8 Å². The van der Waals surface area contributed by atoms with Gasteiger partial charge >= 0.3 is 17.6 Å². The van der Waals surface area contributed by atoms with Crippen LogP contribution in [0.2, 0.25) is 12.1 Å². The highest BCUT2D eigenvalue weighted by molar-refractivity contribution is 9.26. The molecule has 0 heterocycles. The Balaban J connectivity index is 4.12. The van der Waals surface area contributed by atoms with Crippen molar-refractivity contribution in [3.63, 3.8) is 0 Å². The molecule has 0 bridgehead atoms. The van der Waals surface area contributed by atoms with Gasteiger partial charge in [0.15, 0.2) is 0 Å². The van der Waals surface area contributed by atoms with E-state index in [1.807, 2.05) is 0 Å². The first kappa shape index (κ1) is 25.6. The Labute approximate surface area is 164 Å². The normalized spacial score (nSPS) is 15.5. The quantitative estimate of drug-likeness (QED) is 0.204. The molecule has 0 fully saturated rings. The maximum absolute atomic E-state index is 5.47. The summed E-state index contributed by atoms with van der Waals surface area (Å²) in [7, 11) is 12.0. The lowest BCUT2D eigenvalue weighted by atomic mass is 10.6. The van der Waals surface area contributed by atoms with Gasteiger partial charge in [0.05, 0.1) is 0 Å². The molecular weight excluding hydrogens is 425 g/mol. The van der Waals surface area contributed by atoms with Gasteiger partial charge in [0.25, 0.3) is 0 Å². The Hall–Kier alpha value is 1.59. The van der Waals surface area contributed by atoms with Crippen molar-refractivity contribution in [2.45, 2.75) is 36.4 Å². The fraction of sp³-hybridized carbons (Fsp3) is 1.00. The maximum atomic E-state index is 5.47. The van der Waals surface area contributed by atoms with Gasteiger partial charge in [-0.3, -0.25) is 0 Å². The van der Waals surface area contributed by atoms with Gasteiger partial charge in [-0.15, -0.1) is 0 Å². The second kappa shape index (κ2) is 13.7. The lowest BCUT2D eigenvalue weighted by molar-refractivity contribution is 0.123. The second-order valence-electron chi connectivity index (χ2n) is 4.95. The fourth-order valence-corrected chi connectivity index (χ4v) is 14.4. The van der Waals surface area contributed by atoms with E-state index in [-0.39, 0.29) is 0 Å². The van der Waals surface area contributed by atoms with Crippen LogP contribution in [0.1, 0.15) is 13.8 Å². The molecule has 0 N–H and O–H groups in total. The molecule has 0 saturated carbocycles. The van der Waals surface area contributed by atoms with Crippen LogP contribution in [0.5, 0.6) is 0 Å². The Bertz CT molecular complexity index is 277. The zero-order valence-corrected chi connectivity index (χ0v) is 20.9. The second-order valence-corrected chi connectivity index (χ2v) is 17.6. The molecule has 0 aromatic rings. The Kier molecular flexibility index (Phi) is 14.6. The van der Waals surface area contributed by atoms with E-state index >= 15 is 0 Å². The maximum Gasteiger partial charge on any atom is 0.501 e. The molecule has 146 valence electrons. The molecule has 0 radical (unpaired) electrons. The third kappa shape index (κ3) is 8.99. The molecule has 0 aromatic heterocycles. The van der Waals surface area contributed by atoms with Crippen molar-refractivity contribution in [3.05, 3.63) is 0 Å². The molecular formula is C12H30O6S4Si2. The fourth-order valence-electron chi connectivity index (χ4n) is 1.94. The van der Waals surface area contributed by atoms with Crippen molar-refractivity contribution in [2.24, 2.45) is 0 Å². The summed E-state index contributed by atoms with van der Waals surface area (Å²) in [6.07, 6.45) is 0. The van der Waals surface area contributed by atoms with Crippen LogP contribution in [0.3, 0.4) is 0 Å². The van der Waals surface area contributed by atoms with Gasteiger partial charge in [-0.05, 0) is 19.7 Å². The minimum atomic E-state index is -2.50. The highest BCUT2D eigenvalue weighted by atomic mass is 33.7. The van der Waals surface area contributed by atoms with Crippen molar-refractivity contribution < 1.29 is 26.6 Å². The molecule has 12 heteroatoms. The summed E-state index contributed by atoms with van der Waals surface area (Å²) >= 11 is 0. The highest BCUT2D eigenvalue weighted by Gasteiger charge is 2.40. The summed E-state index contributed by atoms with van der Waals surface area (Å²) in [5, 5.41) is 0.741. The average molecular weight is 455 g/mol. The largest absolute Gasteiger partial charge is 0.501 e. The molecule has 24 heavy (non-hydrogen) atoms. The van der Waals surface area contributed by atoms with Crippen molar-refractivity contribution in [1.82, 2.24) is 0 Å². The SMILES string of the molecule is CO[Si](CC(C)SSSSC(C)C[Si](OC)(OC)OC)(OC)OC. The van der Waals surface area contributed by atoms with Crippen LogP contribution in [-0.2, 0) is 26.6 Å². The summed E-state index contributed by atoms with van der Waals surface area (Å²) in [4.78, 5) is 0. The van der Waals surface area contributed by atoms with Crippen molar-refractivity contribution in [1.29, 1.82) is 0 Å². The summed E-state index contributed by atoms with van der Waals surface area (Å²) < 4.78 is 32.8. The van der Waals surface area contributed by atoms with E-state index < -0.39 is 17.6 Å². The highest BCUT2D eigenvalue weighted by Crippen LogP contribution is 2.48. The monoisotopic (exact) mass is 454 g/mol. The van der Waals surface area contributed by atoms with Gasteiger partial charge in [0.2, 0.25) is 0 Å². The Morgan fingerprint density at radius 2 is 0.833 bits per heavy atom. The van der Waals surface area contributed by atoms with Crippen LogP contribution in [0, 0.1) is 0 Å². The first-order chi connectivity index (χ1) is 11.4. The van der Waals surface area contributed by atoms with E-state index in [1.54, 1.807) is 83.9 Å². The van der Waals surface area contributed by atoms with Gasteiger partial charge in [-0.1, -0.05) is 35.4 Å². The third-order valence-corrected chi connectivity index (χ3v) is 17.2. The molecule has 6 nitrogen and oxygen atoms in total. The molecule has 0 spiro atoms. The number of hydrogen-bond acceptors (Lipinski definition) is 10. The van der Waals surface area contributed by atoms with E-state index in [2.05, 4.69) is 13.8 Å². The molecule has 0 saturated heterocycles. The Morgan fingerprint density at radius 1 is 0.583 bits per heavy atom. The molecule has 2 unspecified atom stereocenters. The molecule has 0 aromatic carbocycles. The summed E-state index contributed by atoms with van der Waals surface area (Å²) in [6.45, 7) is 4.31. The zero-order chi connectivity index (χ0) is 18.6. The lowest BCUT2D eigenvalue weighted by Gasteiger charge is -2.27. The van der Waals surface area contributed by atoms with Crippen molar-refractivity contribution in [3.8, 4) is 0 Å².